The molecule has 0 aliphatic carbocycles. The fraction of sp³-hybridized carbons (Fsp3) is 0.0698. The Hall–Kier alpha value is -8.33. The van der Waals surface area contributed by atoms with Crippen LogP contribution >= 0.6 is 94.1 Å². The zero-order valence-corrected chi connectivity index (χ0v) is 79.9. The van der Waals surface area contributed by atoms with Gasteiger partial charge < -0.3 is 57.8 Å². The third-order valence-electron chi connectivity index (χ3n) is 22.7. The average molecular weight is 2440 g/mol. The van der Waals surface area contributed by atoms with E-state index in [1.165, 1.54) is 70.8 Å². The second-order valence-electron chi connectivity index (χ2n) is 29.7. The quantitative estimate of drug-likeness (QED) is 0.107. The normalized spacial score (nSPS) is 14.7. The fourth-order valence-corrected chi connectivity index (χ4v) is 27.7. The van der Waals surface area contributed by atoms with E-state index in [0.717, 1.165) is 142 Å². The van der Waals surface area contributed by atoms with Crippen molar-refractivity contribution in [2.75, 3.05) is 23.9 Å². The molecule has 0 unspecified atom stereocenters. The average Bonchev–Trinajstić information content (AvgIpc) is 0.779. The van der Waals surface area contributed by atoms with Gasteiger partial charge in [-0.05, 0) is 84.3 Å². The molecule has 0 fully saturated rings. The van der Waals surface area contributed by atoms with Crippen LogP contribution in [0.15, 0.2) is 263 Å². The van der Waals surface area contributed by atoms with E-state index in [1.807, 2.05) is 216 Å². The molecule has 16 aromatic rings. The third-order valence-corrected chi connectivity index (χ3v) is 32.6. The van der Waals surface area contributed by atoms with Gasteiger partial charge >= 0.3 is 42.1 Å². The van der Waals surface area contributed by atoms with Gasteiger partial charge in [-0.15, -0.1) is 148 Å². The van der Waals surface area contributed by atoms with Crippen LogP contribution in [-0.4, -0.2) is 128 Å². The predicted octanol–water partition coefficient (Wildman–Crippen LogP) is 7.78. The number of benzene rings is 6. The van der Waals surface area contributed by atoms with E-state index in [9.17, 15) is 0 Å². The van der Waals surface area contributed by atoms with Gasteiger partial charge in [0, 0.05) is 204 Å². The minimum Gasteiger partial charge on any atom is -0.510 e. The summed E-state index contributed by atoms with van der Waals surface area (Å²) in [6.45, 7) is 3.49. The maximum Gasteiger partial charge on any atom is 2.00 e. The van der Waals surface area contributed by atoms with E-state index in [-0.39, 0.29) is 111 Å². The summed E-state index contributed by atoms with van der Waals surface area (Å²) in [4.78, 5) is 62.5. The van der Waals surface area contributed by atoms with Crippen molar-refractivity contribution in [2.24, 2.45) is 28.2 Å². The molecular formula is C86H50B4N20Pt4S8-6. The zero-order chi connectivity index (χ0) is 78.2. The Kier molecular flexibility index (Phi) is 20.8. The number of pyridine rings is 4. The second-order valence-corrected chi connectivity index (χ2v) is 37.9. The number of aromatic nitrogens is 16. The van der Waals surface area contributed by atoms with Crippen LogP contribution in [0.2, 0.25) is 0 Å². The molecule has 0 N–H and O–H groups in total. The second kappa shape index (κ2) is 31.4. The number of imidazole rings is 4. The molecule has 600 valence electrons. The standard InChI is InChI=1S/C44H28B2N10S4.C42H22B2N10S4.4Pt/c1-51-13-15-55(23-51)27-5-7-33-29(19-27)45-31-17-25(41-47-9-11-53(41)3)21-49-43(31)59-39-35(45)37(57-33)38-36-40(39)60-44-32(18-26(22-50-44)42-48-10-12-54(42)4)46(36)30-20-28(6-8-34(30)58-38)56-16-14-52(2)24-56;1-51-15-11-45-39(51)23-17-29-41(47-21-23)57-37-33-35(55-31-7-5-25(19-27(31)43(29)33)53-13-3-9-49-53)36-34-38(37)58-42-30(18-24(22-48-42)40-46-12-16-52(40)2)44(34)28-20-26(6-8-32(28)56-36)54-14-4-10-50-54;;;;/h5-16,21-24H,1-4H3;3-16,21-22H,1-2H3;;;;/q-6;-4;;;2*+2. The van der Waals surface area contributed by atoms with E-state index in [4.69, 9.17) is 29.9 Å². The first kappa shape index (κ1) is 80.8. The number of fused-ring (bicyclic) bond motifs is 20. The van der Waals surface area contributed by atoms with Crippen LogP contribution in [0, 0.1) is 61.9 Å². The van der Waals surface area contributed by atoms with Gasteiger partial charge in [-0.2, -0.15) is 141 Å². The summed E-state index contributed by atoms with van der Waals surface area (Å²) < 4.78 is 11.8. The molecule has 0 saturated heterocycles. The predicted molar refractivity (Wildman–Crippen MR) is 468 cm³/mol. The van der Waals surface area contributed by atoms with Gasteiger partial charge in [-0.1, -0.05) is 47.0 Å². The zero-order valence-electron chi connectivity index (χ0n) is 64.3. The molecule has 10 aliphatic heterocycles. The number of hydrogen-bond donors (Lipinski definition) is 0. The SMILES string of the molecule is CN1C=CN(c2[c-]c3c(cc2)Sc2c4c5c(c6c2B3c2[c-]c(-c3nccn3C)cnc2S6)Sc2ncc(-c3nccn3C)[c-]c2B5c2[c-]c(N3C=CN(C)[CH-]3)ccc2S4)[CH-]1.Cn1ccnc1-c1[c-]c2c(nc1)Sc1c3c4c(c5c1B2c1[c-]c(-n2cccn2)ccc1S5)Sc1ccc(-n2cccn2)[c-]c1B4c1[c-]c(-c2nccn2C)cnc1S3.[Pt+2].[Pt+2].[Pt].[Pt]. The molecule has 20 nitrogen and oxygen atoms in total. The molecule has 10 aliphatic rings. The molecular weight excluding hydrogens is 2390 g/mol. The molecule has 0 bridgehead atoms. The minimum absolute atomic E-state index is 0. The molecule has 0 spiro atoms. The monoisotopic (exact) mass is 2440 g/mol. The first-order chi connectivity index (χ1) is 57.9. The number of nitrogens with zero attached hydrogens (tertiary/aromatic N) is 20. The summed E-state index contributed by atoms with van der Waals surface area (Å²) in [5.41, 5.74) is 21.0. The van der Waals surface area contributed by atoms with Crippen LogP contribution in [0.1, 0.15) is 0 Å². The van der Waals surface area contributed by atoms with Crippen LogP contribution < -0.4 is 75.4 Å². The summed E-state index contributed by atoms with van der Waals surface area (Å²) in [5.74, 6) is 3.32. The number of hydrogen-bond acceptors (Lipinski definition) is 22. The Morgan fingerprint density at radius 2 is 0.566 bits per heavy atom. The first-order valence-corrected chi connectivity index (χ1v) is 44.3. The van der Waals surface area contributed by atoms with E-state index in [0.29, 0.717) is 0 Å². The molecule has 10 aromatic heterocycles. The Morgan fingerprint density at radius 1 is 0.295 bits per heavy atom. The van der Waals surface area contributed by atoms with E-state index in [1.54, 1.807) is 59.4 Å². The molecule has 6 aromatic carbocycles. The minimum atomic E-state index is -0.177. The van der Waals surface area contributed by atoms with Crippen molar-refractivity contribution in [2.45, 2.75) is 78.8 Å². The van der Waals surface area contributed by atoms with Crippen molar-refractivity contribution >= 4 is 198 Å². The molecule has 0 amide bonds. The van der Waals surface area contributed by atoms with Crippen molar-refractivity contribution in [3.8, 4) is 56.9 Å². The van der Waals surface area contributed by atoms with Crippen molar-refractivity contribution < 1.29 is 84.3 Å². The Bertz CT molecular complexity index is 6690. The fourth-order valence-electron chi connectivity index (χ4n) is 17.3. The summed E-state index contributed by atoms with van der Waals surface area (Å²) in [6, 6.07) is 52.5. The Morgan fingerprint density at radius 3 is 0.811 bits per heavy atom. The molecule has 122 heavy (non-hydrogen) atoms. The Balaban J connectivity index is 0.000000146. The van der Waals surface area contributed by atoms with Crippen LogP contribution in [0.25, 0.3) is 56.9 Å². The topological polar surface area (TPSA) is 171 Å². The van der Waals surface area contributed by atoms with Gasteiger partial charge in [0.1, 0.15) is 0 Å². The van der Waals surface area contributed by atoms with Crippen molar-refractivity contribution in [3.63, 3.8) is 0 Å². The van der Waals surface area contributed by atoms with Gasteiger partial charge in [0.15, 0.2) is 0 Å². The summed E-state index contributed by atoms with van der Waals surface area (Å²) >= 11 is 14.4. The summed E-state index contributed by atoms with van der Waals surface area (Å²) in [7, 11) is 12.1. The third kappa shape index (κ3) is 12.7. The largest absolute Gasteiger partial charge is 2.00 e. The van der Waals surface area contributed by atoms with E-state index in [2.05, 4.69) is 175 Å². The van der Waals surface area contributed by atoms with Crippen molar-refractivity contribution in [1.29, 1.82) is 0 Å². The van der Waals surface area contributed by atoms with Gasteiger partial charge in [0.05, 0.1) is 23.3 Å². The van der Waals surface area contributed by atoms with Crippen LogP contribution in [-0.2, 0) is 112 Å². The van der Waals surface area contributed by atoms with Gasteiger partial charge in [0.25, 0.3) is 0 Å². The van der Waals surface area contributed by atoms with Crippen molar-refractivity contribution in [3.05, 3.63) is 246 Å². The van der Waals surface area contributed by atoms with Crippen LogP contribution in [0.5, 0.6) is 0 Å². The van der Waals surface area contributed by atoms with Crippen LogP contribution in [0.4, 0.5) is 11.4 Å². The van der Waals surface area contributed by atoms with Gasteiger partial charge in [-0.25, -0.2) is 0 Å². The van der Waals surface area contributed by atoms with Gasteiger partial charge in [0.2, 0.25) is 26.9 Å². The summed E-state index contributed by atoms with van der Waals surface area (Å²) in [6.07, 6.45) is 38.6. The molecule has 20 heterocycles. The van der Waals surface area contributed by atoms with Gasteiger partial charge in [-0.3, -0.25) is 29.3 Å². The smallest absolute Gasteiger partial charge is 0.510 e. The molecule has 0 saturated carbocycles. The van der Waals surface area contributed by atoms with E-state index < -0.39 is 0 Å². The van der Waals surface area contributed by atoms with Crippen LogP contribution in [0.3, 0.4) is 0 Å². The number of rotatable bonds is 8. The number of aryl methyl sites for hydroxylation is 4. The van der Waals surface area contributed by atoms with E-state index >= 15 is 0 Å². The molecule has 36 heteroatoms. The molecule has 0 atom stereocenters. The molecule has 26 rings (SSSR count). The maximum atomic E-state index is 5.22. The number of anilines is 2. The summed E-state index contributed by atoms with van der Waals surface area (Å²) in [5, 5.41) is 12.9. The van der Waals surface area contributed by atoms with Crippen molar-refractivity contribution in [1.82, 2.24) is 87.5 Å². The first-order valence-electron chi connectivity index (χ1n) is 37.7. The maximum absolute atomic E-state index is 5.22. The molecule has 0 radical (unpaired) electrons. The Labute approximate surface area is 795 Å².